The fourth-order valence-electron chi connectivity index (χ4n) is 3.40. The number of hydrogen-bond acceptors (Lipinski definition) is 5. The average Bonchev–Trinajstić information content (AvgIpc) is 2.95. The third-order valence-electron chi connectivity index (χ3n) is 4.75. The zero-order valence-electron chi connectivity index (χ0n) is 15.4. The molecular weight excluding hydrogens is 334 g/mol. The highest BCUT2D eigenvalue weighted by molar-refractivity contribution is 5.69. The lowest BCUT2D eigenvalue weighted by molar-refractivity contribution is -0.236. The van der Waals surface area contributed by atoms with Gasteiger partial charge in [-0.05, 0) is 18.4 Å². The second kappa shape index (κ2) is 8.98. The predicted molar refractivity (Wildman–Crippen MR) is 98.6 cm³/mol. The lowest BCUT2D eigenvalue weighted by atomic mass is 9.81. The summed E-state index contributed by atoms with van der Waals surface area (Å²) in [4.78, 5) is 12.6. The Morgan fingerprint density at radius 3 is 2.54 bits per heavy atom. The fourth-order valence-corrected chi connectivity index (χ4v) is 3.40. The van der Waals surface area contributed by atoms with Crippen LogP contribution in [-0.2, 0) is 25.6 Å². The van der Waals surface area contributed by atoms with E-state index in [1.807, 2.05) is 30.3 Å². The van der Waals surface area contributed by atoms with Gasteiger partial charge in [0, 0.05) is 14.2 Å². The third-order valence-corrected chi connectivity index (χ3v) is 4.75. The molecule has 1 fully saturated rings. The third kappa shape index (κ3) is 3.82. The summed E-state index contributed by atoms with van der Waals surface area (Å²) in [6.45, 7) is 7.92. The monoisotopic (exact) mass is 361 g/mol. The number of benzene rings is 1. The summed E-state index contributed by atoms with van der Waals surface area (Å²) >= 11 is 0. The Balaban J connectivity index is 2.22. The van der Waals surface area contributed by atoms with Crippen LogP contribution < -0.4 is 5.32 Å². The molecule has 1 saturated heterocycles. The molecule has 2 atom stereocenters. The van der Waals surface area contributed by atoms with Gasteiger partial charge in [-0.2, -0.15) is 0 Å². The normalized spacial score (nSPS) is 24.0. The summed E-state index contributed by atoms with van der Waals surface area (Å²) in [6, 6.07) is 9.47. The van der Waals surface area contributed by atoms with Crippen LogP contribution in [0.5, 0.6) is 0 Å². The van der Waals surface area contributed by atoms with Gasteiger partial charge in [0.1, 0.15) is 18.8 Å². The topological polar surface area (TPSA) is 66.0 Å². The number of nitrogens with one attached hydrogen (secondary N) is 1. The van der Waals surface area contributed by atoms with Crippen LogP contribution in [0.1, 0.15) is 18.4 Å². The minimum Gasteiger partial charge on any atom is -0.445 e. The van der Waals surface area contributed by atoms with Crippen molar-refractivity contribution in [1.82, 2.24) is 5.32 Å². The minimum absolute atomic E-state index is 0.163. The molecule has 0 spiro atoms. The van der Waals surface area contributed by atoms with Gasteiger partial charge < -0.3 is 24.3 Å². The summed E-state index contributed by atoms with van der Waals surface area (Å²) in [5, 5.41) is 2.94. The van der Waals surface area contributed by atoms with E-state index in [1.54, 1.807) is 12.2 Å². The first-order valence-electron chi connectivity index (χ1n) is 8.50. The molecule has 6 nitrogen and oxygen atoms in total. The van der Waals surface area contributed by atoms with E-state index in [0.29, 0.717) is 12.8 Å². The SMILES string of the molecule is C=CCC1OCC(OC)(OC)C1(CC=C)NC(=O)OCc1ccccc1. The van der Waals surface area contributed by atoms with Gasteiger partial charge in [-0.15, -0.1) is 13.2 Å². The van der Waals surface area contributed by atoms with E-state index >= 15 is 0 Å². The smallest absolute Gasteiger partial charge is 0.408 e. The number of amides is 1. The van der Waals surface area contributed by atoms with Gasteiger partial charge in [0.2, 0.25) is 5.79 Å². The zero-order chi connectivity index (χ0) is 19.0. The maximum atomic E-state index is 12.6. The van der Waals surface area contributed by atoms with Crippen molar-refractivity contribution >= 4 is 6.09 Å². The van der Waals surface area contributed by atoms with Crippen LogP contribution in [0.3, 0.4) is 0 Å². The van der Waals surface area contributed by atoms with Gasteiger partial charge in [0.25, 0.3) is 0 Å². The largest absolute Gasteiger partial charge is 0.445 e. The van der Waals surface area contributed by atoms with Crippen molar-refractivity contribution in [2.75, 3.05) is 20.8 Å². The van der Waals surface area contributed by atoms with Crippen molar-refractivity contribution in [3.8, 4) is 0 Å². The number of hydrogen-bond donors (Lipinski definition) is 1. The first kappa shape index (κ1) is 20.2. The highest BCUT2D eigenvalue weighted by Crippen LogP contribution is 2.42. The van der Waals surface area contributed by atoms with Crippen molar-refractivity contribution < 1.29 is 23.7 Å². The van der Waals surface area contributed by atoms with Crippen molar-refractivity contribution in [2.24, 2.45) is 0 Å². The Kier molecular flexibility index (Phi) is 6.97. The number of rotatable bonds is 9. The van der Waals surface area contributed by atoms with E-state index in [4.69, 9.17) is 18.9 Å². The minimum atomic E-state index is -1.15. The van der Waals surface area contributed by atoms with Crippen molar-refractivity contribution in [3.05, 3.63) is 61.2 Å². The molecule has 0 saturated carbocycles. The molecule has 1 amide bonds. The van der Waals surface area contributed by atoms with E-state index in [1.165, 1.54) is 14.2 Å². The molecule has 0 radical (unpaired) electrons. The van der Waals surface area contributed by atoms with E-state index < -0.39 is 17.4 Å². The quantitative estimate of drug-likeness (QED) is 0.540. The Bertz CT molecular complexity index is 614. The Morgan fingerprint density at radius 2 is 1.96 bits per heavy atom. The van der Waals surface area contributed by atoms with Gasteiger partial charge in [0.15, 0.2) is 0 Å². The summed E-state index contributed by atoms with van der Waals surface area (Å²) < 4.78 is 22.6. The van der Waals surface area contributed by atoms with Crippen LogP contribution in [0.2, 0.25) is 0 Å². The van der Waals surface area contributed by atoms with Crippen LogP contribution in [0.15, 0.2) is 55.6 Å². The van der Waals surface area contributed by atoms with E-state index in [2.05, 4.69) is 18.5 Å². The first-order chi connectivity index (χ1) is 12.6. The van der Waals surface area contributed by atoms with Crippen LogP contribution in [0.4, 0.5) is 4.79 Å². The van der Waals surface area contributed by atoms with E-state index in [-0.39, 0.29) is 19.3 Å². The zero-order valence-corrected chi connectivity index (χ0v) is 15.4. The van der Waals surface area contributed by atoms with Crippen molar-refractivity contribution in [3.63, 3.8) is 0 Å². The molecule has 1 aliphatic rings. The van der Waals surface area contributed by atoms with Gasteiger partial charge in [-0.3, -0.25) is 0 Å². The van der Waals surface area contributed by atoms with Crippen LogP contribution in [-0.4, -0.2) is 44.3 Å². The lowest BCUT2D eigenvalue weighted by Gasteiger charge is -2.44. The molecule has 0 bridgehead atoms. The summed E-state index contributed by atoms with van der Waals surface area (Å²) in [5.74, 6) is -1.15. The van der Waals surface area contributed by atoms with Gasteiger partial charge in [0.05, 0.1) is 6.10 Å². The highest BCUT2D eigenvalue weighted by Gasteiger charge is 2.63. The molecule has 0 aromatic heterocycles. The lowest BCUT2D eigenvalue weighted by Crippen LogP contribution is -2.68. The van der Waals surface area contributed by atoms with Crippen LogP contribution in [0.25, 0.3) is 0 Å². The standard InChI is InChI=1S/C20H27NO5/c1-5-10-17-19(13-6-2,20(23-3,24-4)15-26-17)21-18(22)25-14-16-11-8-7-9-12-16/h5-9,11-12,17H,1-2,10,13-15H2,3-4H3,(H,21,22). The Labute approximate surface area is 154 Å². The second-order valence-corrected chi connectivity index (χ2v) is 6.14. The van der Waals surface area contributed by atoms with E-state index in [0.717, 1.165) is 5.56 Å². The maximum Gasteiger partial charge on any atom is 0.408 e. The number of carbonyl (C=O) groups is 1. The van der Waals surface area contributed by atoms with Gasteiger partial charge in [-0.1, -0.05) is 42.5 Å². The number of ether oxygens (including phenoxy) is 4. The molecule has 1 aromatic carbocycles. The fraction of sp³-hybridized carbons (Fsp3) is 0.450. The Morgan fingerprint density at radius 1 is 1.27 bits per heavy atom. The molecule has 1 aromatic rings. The molecule has 6 heteroatoms. The number of alkyl carbamates (subject to hydrolysis) is 1. The molecule has 1 heterocycles. The van der Waals surface area contributed by atoms with Crippen molar-refractivity contribution in [2.45, 2.75) is 36.9 Å². The van der Waals surface area contributed by atoms with Gasteiger partial charge in [-0.25, -0.2) is 4.79 Å². The predicted octanol–water partition coefficient (Wildman–Crippen LogP) is 3.19. The highest BCUT2D eigenvalue weighted by atomic mass is 16.7. The molecule has 0 aliphatic carbocycles. The number of methoxy groups -OCH3 is 2. The molecule has 2 unspecified atom stereocenters. The molecule has 1 aliphatic heterocycles. The average molecular weight is 361 g/mol. The first-order valence-corrected chi connectivity index (χ1v) is 8.50. The summed E-state index contributed by atoms with van der Waals surface area (Å²) in [7, 11) is 3.05. The van der Waals surface area contributed by atoms with Crippen LogP contribution >= 0.6 is 0 Å². The van der Waals surface area contributed by atoms with E-state index in [9.17, 15) is 4.79 Å². The summed E-state index contributed by atoms with van der Waals surface area (Å²) in [6.07, 6.45) is 3.38. The summed E-state index contributed by atoms with van der Waals surface area (Å²) in [5.41, 5.74) is -0.0873. The Hall–Kier alpha value is -2.15. The van der Waals surface area contributed by atoms with Crippen LogP contribution in [0, 0.1) is 0 Å². The molecule has 142 valence electrons. The van der Waals surface area contributed by atoms with Crippen molar-refractivity contribution in [1.29, 1.82) is 0 Å². The molecular formula is C20H27NO5. The number of carbonyl (C=O) groups excluding carboxylic acids is 1. The molecule has 26 heavy (non-hydrogen) atoms. The second-order valence-electron chi connectivity index (χ2n) is 6.14. The van der Waals surface area contributed by atoms with Gasteiger partial charge >= 0.3 is 6.09 Å². The maximum absolute atomic E-state index is 12.6. The molecule has 1 N–H and O–H groups in total. The molecule has 2 rings (SSSR count).